The number of sulfonamides is 1. The number of fused-ring (bicyclic) bond motifs is 6. The van der Waals surface area contributed by atoms with Crippen LogP contribution in [0, 0.1) is 0 Å². The third-order valence-electron chi connectivity index (χ3n) is 4.71. The second-order valence-corrected chi connectivity index (χ2v) is 9.68. The summed E-state index contributed by atoms with van der Waals surface area (Å²) in [5.74, 6) is -1.67. The van der Waals surface area contributed by atoms with E-state index < -0.39 is 39.8 Å². The highest BCUT2D eigenvalue weighted by atomic mass is 79.9. The summed E-state index contributed by atoms with van der Waals surface area (Å²) in [6.07, 6.45) is 1.02. The van der Waals surface area contributed by atoms with Crippen LogP contribution in [0.4, 0.5) is 14.5 Å². The van der Waals surface area contributed by atoms with Crippen molar-refractivity contribution in [3.63, 3.8) is 0 Å². The van der Waals surface area contributed by atoms with Crippen molar-refractivity contribution in [2.45, 2.75) is 18.1 Å². The number of ether oxygens (including phenoxy) is 2. The van der Waals surface area contributed by atoms with Gasteiger partial charge in [0.2, 0.25) is 0 Å². The summed E-state index contributed by atoms with van der Waals surface area (Å²) in [5.41, 5.74) is -0.0408. The number of hydrogen-bond acceptors (Lipinski definition) is 7. The van der Waals surface area contributed by atoms with E-state index in [-0.39, 0.29) is 43.3 Å². The third kappa shape index (κ3) is 4.23. The van der Waals surface area contributed by atoms with Crippen molar-refractivity contribution in [3.8, 4) is 22.6 Å². The number of rotatable bonds is 2. The number of halogens is 4. The van der Waals surface area contributed by atoms with Gasteiger partial charge in [0.15, 0.2) is 5.75 Å². The van der Waals surface area contributed by atoms with E-state index in [1.54, 1.807) is 0 Å². The van der Waals surface area contributed by atoms with Gasteiger partial charge in [-0.1, -0.05) is 11.6 Å². The highest BCUT2D eigenvalue weighted by Crippen LogP contribution is 2.41. The third-order valence-corrected chi connectivity index (χ3v) is 6.97. The van der Waals surface area contributed by atoms with Gasteiger partial charge in [-0.2, -0.15) is 13.9 Å². The number of alkyl halides is 2. The number of carbonyl (C=O) groups excluding carboxylic acids is 1. The van der Waals surface area contributed by atoms with Gasteiger partial charge >= 0.3 is 12.5 Å². The number of aromatic hydroxyl groups is 1. The Morgan fingerprint density at radius 1 is 1.30 bits per heavy atom. The van der Waals surface area contributed by atoms with Crippen molar-refractivity contribution in [2.75, 3.05) is 11.8 Å². The fraction of sp³-hybridized carbons (Fsp3) is 0.158. The number of anilines is 1. The number of aromatic nitrogens is 2. The van der Waals surface area contributed by atoms with Crippen molar-refractivity contribution < 1.29 is 36.6 Å². The number of nitrogens with zero attached hydrogens (tertiary/aromatic N) is 2. The summed E-state index contributed by atoms with van der Waals surface area (Å²) in [6, 6.07) is 4.74. The van der Waals surface area contributed by atoms with Crippen LogP contribution in [0.1, 0.15) is 22.6 Å². The summed E-state index contributed by atoms with van der Waals surface area (Å²) in [7, 11) is -3.23. The maximum absolute atomic E-state index is 13.3. The molecule has 0 saturated carbocycles. The topological polar surface area (TPSA) is 120 Å². The van der Waals surface area contributed by atoms with Crippen molar-refractivity contribution in [2.24, 2.45) is 0 Å². The van der Waals surface area contributed by atoms with E-state index in [4.69, 9.17) is 21.1 Å². The summed E-state index contributed by atoms with van der Waals surface area (Å²) in [5, 5.41) is 14.1. The Kier molecular flexibility index (Phi) is 5.97. The van der Waals surface area contributed by atoms with E-state index >= 15 is 0 Å². The Balaban J connectivity index is 2.02. The van der Waals surface area contributed by atoms with Crippen molar-refractivity contribution in [1.82, 2.24) is 9.78 Å². The Labute approximate surface area is 199 Å². The number of esters is 1. The van der Waals surface area contributed by atoms with Crippen molar-refractivity contribution in [3.05, 3.63) is 51.2 Å². The molecular formula is C19H13BrClF2N3O6S. The number of carbonyl (C=O) groups is 1. The highest BCUT2D eigenvalue weighted by molar-refractivity contribution is 9.10. The average Bonchev–Trinajstić information content (AvgIpc) is 3.17. The van der Waals surface area contributed by atoms with E-state index in [0.29, 0.717) is 4.68 Å². The van der Waals surface area contributed by atoms with Gasteiger partial charge in [0.25, 0.3) is 10.0 Å². The molecule has 2 aromatic carbocycles. The molecule has 1 aromatic heterocycles. The van der Waals surface area contributed by atoms with Crippen LogP contribution in [0.15, 0.2) is 39.8 Å². The maximum atomic E-state index is 13.3. The van der Waals surface area contributed by atoms with E-state index in [2.05, 4.69) is 25.8 Å². The van der Waals surface area contributed by atoms with Gasteiger partial charge in [0.1, 0.15) is 22.9 Å². The molecule has 2 N–H and O–H groups in total. The molecule has 33 heavy (non-hydrogen) atoms. The number of benzene rings is 2. The minimum Gasteiger partial charge on any atom is -0.505 e. The van der Waals surface area contributed by atoms with E-state index in [1.807, 2.05) is 0 Å². The van der Waals surface area contributed by atoms with Gasteiger partial charge in [-0.25, -0.2) is 17.9 Å². The standard InChI is InChI=1S/C19H13BrClF2N3O6S/c1-31-17-12(21)3-8-4-13(17)25-33(29,30)15-5-9(2-11(20)16(15)27)18(28)32-7-14-10(8)6-26(24-14)19(22)23/h2-6,19,25,27H,7H2,1H3. The molecule has 0 amide bonds. The lowest BCUT2D eigenvalue weighted by molar-refractivity contribution is 0.0446. The van der Waals surface area contributed by atoms with Gasteiger partial charge in [0, 0.05) is 11.8 Å². The first-order valence-corrected chi connectivity index (χ1v) is 11.6. The molecule has 9 nitrogen and oxygen atoms in total. The fourth-order valence-electron chi connectivity index (χ4n) is 3.22. The van der Waals surface area contributed by atoms with Crippen LogP contribution in [0.2, 0.25) is 5.02 Å². The second-order valence-electron chi connectivity index (χ2n) is 6.77. The normalized spacial score (nSPS) is 14.9. The Bertz CT molecular complexity index is 1400. The summed E-state index contributed by atoms with van der Waals surface area (Å²) in [6.45, 7) is -3.48. The van der Waals surface area contributed by atoms with Gasteiger partial charge in [-0.3, -0.25) is 4.72 Å². The maximum Gasteiger partial charge on any atom is 0.338 e. The zero-order valence-electron chi connectivity index (χ0n) is 16.5. The molecule has 1 aliphatic heterocycles. The molecule has 0 aliphatic carbocycles. The lowest BCUT2D eigenvalue weighted by atomic mass is 10.1. The second kappa shape index (κ2) is 8.47. The molecule has 0 saturated heterocycles. The van der Waals surface area contributed by atoms with Crippen LogP contribution < -0.4 is 9.46 Å². The number of cyclic esters (lactones) is 1. The molecule has 0 unspecified atom stereocenters. The number of phenols is 1. The van der Waals surface area contributed by atoms with Crippen LogP contribution in [0.25, 0.3) is 11.1 Å². The summed E-state index contributed by atoms with van der Waals surface area (Å²) >= 11 is 9.28. The highest BCUT2D eigenvalue weighted by Gasteiger charge is 2.28. The minimum atomic E-state index is -4.49. The van der Waals surface area contributed by atoms with Crippen LogP contribution in [-0.2, 0) is 21.4 Å². The van der Waals surface area contributed by atoms with E-state index in [1.165, 1.54) is 19.2 Å². The Hall–Kier alpha value is -2.90. The molecule has 0 spiro atoms. The molecule has 174 valence electrons. The average molecular weight is 565 g/mol. The van der Waals surface area contributed by atoms with Crippen LogP contribution in [0.3, 0.4) is 0 Å². The fourth-order valence-corrected chi connectivity index (χ4v) is 5.31. The van der Waals surface area contributed by atoms with Crippen LogP contribution in [0.5, 0.6) is 11.5 Å². The summed E-state index contributed by atoms with van der Waals surface area (Å²) in [4.78, 5) is 12.0. The Morgan fingerprint density at radius 3 is 2.70 bits per heavy atom. The van der Waals surface area contributed by atoms with E-state index in [9.17, 15) is 27.1 Å². The molecule has 4 rings (SSSR count). The quantitative estimate of drug-likeness (QED) is 0.438. The van der Waals surface area contributed by atoms with Crippen molar-refractivity contribution in [1.29, 1.82) is 0 Å². The molecule has 14 heteroatoms. The summed E-state index contributed by atoms with van der Waals surface area (Å²) < 4.78 is 65.8. The molecule has 0 radical (unpaired) electrons. The monoisotopic (exact) mass is 563 g/mol. The lowest BCUT2D eigenvalue weighted by Crippen LogP contribution is -2.15. The Morgan fingerprint density at radius 2 is 2.03 bits per heavy atom. The largest absolute Gasteiger partial charge is 0.505 e. The van der Waals surface area contributed by atoms with Crippen LogP contribution in [-0.4, -0.2) is 36.4 Å². The van der Waals surface area contributed by atoms with Gasteiger partial charge in [0.05, 0.1) is 27.9 Å². The molecule has 0 atom stereocenters. The zero-order chi connectivity index (χ0) is 24.1. The zero-order valence-corrected chi connectivity index (χ0v) is 19.6. The first kappa shape index (κ1) is 23.3. The van der Waals surface area contributed by atoms with Crippen LogP contribution >= 0.6 is 27.5 Å². The number of methoxy groups -OCH3 is 1. The van der Waals surface area contributed by atoms with Gasteiger partial charge in [-0.05, 0) is 45.8 Å². The molecule has 3 aromatic rings. The molecule has 0 fully saturated rings. The lowest BCUT2D eigenvalue weighted by Gasteiger charge is -2.16. The first-order valence-electron chi connectivity index (χ1n) is 8.98. The molecule has 4 bridgehead atoms. The molecular weight excluding hydrogens is 552 g/mol. The first-order chi connectivity index (χ1) is 15.5. The number of nitrogens with one attached hydrogen (secondary N) is 1. The smallest absolute Gasteiger partial charge is 0.338 e. The van der Waals surface area contributed by atoms with Gasteiger partial charge in [-0.15, -0.1) is 0 Å². The predicted octanol–water partition coefficient (Wildman–Crippen LogP) is 4.55. The SMILES string of the molecule is COc1c(Cl)cc2cc1NS(=O)(=O)c1cc(cc(Br)c1O)C(=O)OCc1nn(C(F)F)cc1-2. The minimum absolute atomic E-state index is 0.0176. The van der Waals surface area contributed by atoms with Crippen molar-refractivity contribution >= 4 is 49.2 Å². The molecule has 1 aliphatic rings. The number of phenolic OH excluding ortho intramolecular Hbond substituents is 1. The predicted molar refractivity (Wildman–Crippen MR) is 116 cm³/mol. The van der Waals surface area contributed by atoms with E-state index in [0.717, 1.165) is 18.3 Å². The van der Waals surface area contributed by atoms with Gasteiger partial charge < -0.3 is 14.6 Å². The number of hydrogen-bond donors (Lipinski definition) is 2. The molecule has 2 heterocycles.